The fraction of sp³-hybridized carbons (Fsp3) is 0.417. The lowest BCUT2D eigenvalue weighted by atomic mass is 9.89. The lowest BCUT2D eigenvalue weighted by molar-refractivity contribution is -0.276. The molecular weight excluding hydrogens is 538 g/mol. The number of carbonyl (C=O) groups is 1. The Hall–Kier alpha value is -3.49. The highest BCUT2D eigenvalue weighted by atomic mass is 16.7. The first-order valence-corrected chi connectivity index (χ1v) is 15.5. The zero-order valence-corrected chi connectivity index (χ0v) is 25.2. The van der Waals surface area contributed by atoms with E-state index in [4.69, 9.17) is 9.47 Å². The van der Waals surface area contributed by atoms with Crippen LogP contribution in [0.3, 0.4) is 0 Å². The number of nitrogens with one attached hydrogen (secondary N) is 2. The van der Waals surface area contributed by atoms with Crippen molar-refractivity contribution >= 4 is 6.03 Å². The summed E-state index contributed by atoms with van der Waals surface area (Å²) in [7, 11) is 0. The van der Waals surface area contributed by atoms with Gasteiger partial charge in [-0.15, -0.1) is 6.58 Å². The summed E-state index contributed by atoms with van der Waals surface area (Å²) in [6, 6.07) is 26.3. The van der Waals surface area contributed by atoms with Crippen LogP contribution in [0.1, 0.15) is 72.8 Å². The molecule has 228 valence electrons. The summed E-state index contributed by atoms with van der Waals surface area (Å²) in [4.78, 5) is 14.9. The zero-order valence-electron chi connectivity index (χ0n) is 25.2. The molecule has 3 N–H and O–H groups in total. The molecule has 43 heavy (non-hydrogen) atoms. The first-order valence-electron chi connectivity index (χ1n) is 15.5. The third-order valence-corrected chi connectivity index (χ3v) is 8.74. The van der Waals surface area contributed by atoms with Gasteiger partial charge < -0.3 is 25.2 Å². The molecule has 2 amide bonds. The van der Waals surface area contributed by atoms with Crippen molar-refractivity contribution in [2.24, 2.45) is 5.92 Å². The monoisotopic (exact) mass is 583 g/mol. The van der Waals surface area contributed by atoms with Crippen LogP contribution in [0.2, 0.25) is 0 Å². The molecule has 7 heteroatoms. The van der Waals surface area contributed by atoms with Crippen LogP contribution in [-0.2, 0) is 29.2 Å². The van der Waals surface area contributed by atoms with Crippen LogP contribution in [-0.4, -0.2) is 41.3 Å². The lowest BCUT2D eigenvalue weighted by Gasteiger charge is -2.43. The van der Waals surface area contributed by atoms with Crippen LogP contribution in [0.15, 0.2) is 91.5 Å². The molecule has 1 aliphatic carbocycles. The molecule has 7 nitrogen and oxygen atoms in total. The Bertz CT molecular complexity index is 1290. The number of amides is 2. The zero-order chi connectivity index (χ0) is 30.0. The summed E-state index contributed by atoms with van der Waals surface area (Å²) in [5.74, 6) is 0.128. The molecule has 0 unspecified atom stereocenters. The highest BCUT2D eigenvalue weighted by Crippen LogP contribution is 2.42. The highest BCUT2D eigenvalue weighted by Gasteiger charge is 2.40. The molecule has 1 heterocycles. The molecular formula is C36H45N3O4. The fourth-order valence-electron chi connectivity index (χ4n) is 6.18. The molecule has 5 rings (SSSR count). The number of carbonyl (C=O) groups excluding carboxylic acids is 1. The summed E-state index contributed by atoms with van der Waals surface area (Å²) >= 11 is 0. The molecule has 0 radical (unpaired) electrons. The Labute approximate surface area is 255 Å². The molecule has 0 spiro atoms. The summed E-state index contributed by atoms with van der Waals surface area (Å²) in [6.07, 6.45) is 6.30. The molecule has 3 aromatic rings. The number of hydrogen-bond acceptors (Lipinski definition) is 5. The van der Waals surface area contributed by atoms with Crippen molar-refractivity contribution in [3.63, 3.8) is 0 Å². The quantitative estimate of drug-likeness (QED) is 0.215. The van der Waals surface area contributed by atoms with Gasteiger partial charge in [0.2, 0.25) is 0 Å². The van der Waals surface area contributed by atoms with Gasteiger partial charge in [-0.25, -0.2) is 4.79 Å². The predicted molar refractivity (Wildman–Crippen MR) is 169 cm³/mol. The van der Waals surface area contributed by atoms with Crippen LogP contribution < -0.4 is 10.6 Å². The second-order valence-electron chi connectivity index (χ2n) is 11.8. The summed E-state index contributed by atoms with van der Waals surface area (Å²) < 4.78 is 13.4. The number of aliphatic hydroxyl groups is 1. The van der Waals surface area contributed by atoms with E-state index in [1.165, 1.54) is 25.7 Å². The van der Waals surface area contributed by atoms with Crippen molar-refractivity contribution in [2.75, 3.05) is 13.1 Å². The maximum absolute atomic E-state index is 12.3. The van der Waals surface area contributed by atoms with Gasteiger partial charge in [-0.1, -0.05) is 105 Å². The molecule has 1 saturated heterocycles. The van der Waals surface area contributed by atoms with E-state index in [9.17, 15) is 9.90 Å². The molecule has 3 aromatic carbocycles. The van der Waals surface area contributed by atoms with Crippen LogP contribution in [0.25, 0.3) is 0 Å². The number of nitrogens with zero attached hydrogens (tertiary/aromatic N) is 1. The number of benzene rings is 3. The molecule has 4 atom stereocenters. The maximum atomic E-state index is 12.3. The van der Waals surface area contributed by atoms with Crippen LogP contribution in [0, 0.1) is 5.92 Å². The number of urea groups is 1. The van der Waals surface area contributed by atoms with Crippen molar-refractivity contribution in [2.45, 2.75) is 76.8 Å². The number of aliphatic hydroxyl groups excluding tert-OH is 1. The van der Waals surface area contributed by atoms with Gasteiger partial charge in [-0.05, 0) is 35.1 Å². The molecule has 0 aromatic heterocycles. The van der Waals surface area contributed by atoms with Gasteiger partial charge in [0.25, 0.3) is 0 Å². The van der Waals surface area contributed by atoms with Gasteiger partial charge in [-0.2, -0.15) is 0 Å². The Kier molecular flexibility index (Phi) is 11.0. The van der Waals surface area contributed by atoms with Crippen LogP contribution in [0.5, 0.6) is 0 Å². The van der Waals surface area contributed by atoms with E-state index < -0.39 is 6.29 Å². The maximum Gasteiger partial charge on any atom is 0.315 e. The van der Waals surface area contributed by atoms with Gasteiger partial charge in [0.15, 0.2) is 6.29 Å². The molecule has 1 aliphatic heterocycles. The van der Waals surface area contributed by atoms with E-state index in [0.29, 0.717) is 19.1 Å². The smallest absolute Gasteiger partial charge is 0.315 e. The van der Waals surface area contributed by atoms with Gasteiger partial charge in [0, 0.05) is 43.7 Å². The molecule has 1 saturated carbocycles. The normalized spacial score (nSPS) is 22.4. The van der Waals surface area contributed by atoms with Crippen LogP contribution in [0.4, 0.5) is 4.79 Å². The van der Waals surface area contributed by atoms with E-state index in [1.807, 2.05) is 72.8 Å². The Morgan fingerprint density at radius 1 is 0.884 bits per heavy atom. The summed E-state index contributed by atoms with van der Waals surface area (Å²) in [5, 5.41) is 15.4. The van der Waals surface area contributed by atoms with E-state index in [0.717, 1.165) is 40.9 Å². The minimum atomic E-state index is -0.519. The highest BCUT2D eigenvalue weighted by molar-refractivity contribution is 5.73. The number of hydrogen-bond donors (Lipinski definition) is 3. The fourth-order valence-corrected chi connectivity index (χ4v) is 6.18. The SMILES string of the molecule is C=CCN(C[C@H]1O[C@@H](c2ccc(CNC(=O)NCc3ccccc3)cc2)O[C@@H](c2ccc(CO)cc2)[C@H]1C)C1CCCC1. The third-order valence-electron chi connectivity index (χ3n) is 8.74. The van der Waals surface area contributed by atoms with E-state index in [-0.39, 0.29) is 30.8 Å². The van der Waals surface area contributed by atoms with Crippen LogP contribution >= 0.6 is 0 Å². The topological polar surface area (TPSA) is 83.1 Å². The van der Waals surface area contributed by atoms with E-state index in [2.05, 4.69) is 41.2 Å². The lowest BCUT2D eigenvalue weighted by Crippen LogP contribution is -2.47. The first-order chi connectivity index (χ1) is 21.0. The Morgan fingerprint density at radius 3 is 2.12 bits per heavy atom. The van der Waals surface area contributed by atoms with Crippen molar-refractivity contribution in [3.05, 3.63) is 119 Å². The van der Waals surface area contributed by atoms with Gasteiger partial charge in [0.1, 0.15) is 0 Å². The predicted octanol–water partition coefficient (Wildman–Crippen LogP) is 6.40. The van der Waals surface area contributed by atoms with Crippen molar-refractivity contribution in [1.29, 1.82) is 0 Å². The van der Waals surface area contributed by atoms with Gasteiger partial charge in [0.05, 0.1) is 18.8 Å². The van der Waals surface area contributed by atoms with E-state index >= 15 is 0 Å². The average molecular weight is 584 g/mol. The van der Waals surface area contributed by atoms with Crippen molar-refractivity contribution < 1.29 is 19.4 Å². The molecule has 0 bridgehead atoms. The summed E-state index contributed by atoms with van der Waals surface area (Å²) in [5.41, 5.74) is 4.96. The molecule has 2 aliphatic rings. The average Bonchev–Trinajstić information content (AvgIpc) is 3.59. The standard InChI is InChI=1S/C36H45N3O4/c1-3-21-39(32-11-7-8-12-32)24-33-26(2)34(30-17-15-29(25-40)16-18-30)43-35(42-33)31-19-13-28(14-20-31)23-38-36(41)37-22-27-9-5-4-6-10-27/h3-6,9-10,13-20,26,32-35,40H,1,7-8,11-12,21-25H2,2H3,(H2,37,38,41)/t26-,33+,34+,35+/m0/s1. The van der Waals surface area contributed by atoms with E-state index in [1.54, 1.807) is 0 Å². The van der Waals surface area contributed by atoms with Crippen molar-refractivity contribution in [1.82, 2.24) is 15.5 Å². The van der Waals surface area contributed by atoms with Crippen molar-refractivity contribution in [3.8, 4) is 0 Å². The first kappa shape index (κ1) is 31.0. The number of rotatable bonds is 12. The minimum Gasteiger partial charge on any atom is -0.392 e. The number of ether oxygens (including phenoxy) is 2. The second-order valence-corrected chi connectivity index (χ2v) is 11.8. The van der Waals surface area contributed by atoms with Gasteiger partial charge in [-0.3, -0.25) is 4.90 Å². The second kappa shape index (κ2) is 15.3. The Balaban J connectivity index is 1.27. The Morgan fingerprint density at radius 2 is 1.49 bits per heavy atom. The largest absolute Gasteiger partial charge is 0.392 e. The minimum absolute atomic E-state index is 0.0174. The van der Waals surface area contributed by atoms with Gasteiger partial charge >= 0.3 is 6.03 Å². The third kappa shape index (κ3) is 8.33. The summed E-state index contributed by atoms with van der Waals surface area (Å²) in [6.45, 7) is 8.83. The molecule has 2 fully saturated rings.